The van der Waals surface area contributed by atoms with Crippen molar-refractivity contribution in [3.63, 3.8) is 0 Å². The number of esters is 1. The van der Waals surface area contributed by atoms with Gasteiger partial charge in [-0.05, 0) is 32.8 Å². The van der Waals surface area contributed by atoms with Crippen molar-refractivity contribution in [3.05, 3.63) is 35.9 Å². The minimum Gasteiger partial charge on any atom is -0.466 e. The smallest absolute Gasteiger partial charge is 0.308 e. The lowest BCUT2D eigenvalue weighted by Crippen LogP contribution is -2.49. The minimum absolute atomic E-state index is 0.108. The first kappa shape index (κ1) is 20.5. The topological polar surface area (TPSA) is 76.1 Å². The highest BCUT2D eigenvalue weighted by Gasteiger charge is 2.48. The zero-order valence-corrected chi connectivity index (χ0v) is 15.6. The second kappa shape index (κ2) is 8.69. The van der Waals surface area contributed by atoms with Crippen LogP contribution in [0.3, 0.4) is 0 Å². The number of nitrogens with zero attached hydrogens (tertiary/aromatic N) is 1. The molecule has 1 aliphatic rings. The summed E-state index contributed by atoms with van der Waals surface area (Å²) in [7, 11) is 5.60. The Morgan fingerprint density at radius 1 is 1.35 bits per heavy atom. The molecule has 1 aromatic rings. The van der Waals surface area contributed by atoms with Gasteiger partial charge in [-0.1, -0.05) is 30.3 Å². The normalized spacial score (nSPS) is 22.8. The summed E-state index contributed by atoms with van der Waals surface area (Å²) in [5.41, 5.74) is 0.148. The molecule has 1 heterocycles. The number of benzene rings is 1. The molecule has 1 N–H and O–H groups in total. The quantitative estimate of drug-likeness (QED) is 0.596. The Balaban J connectivity index is 2.16. The Morgan fingerprint density at radius 3 is 2.58 bits per heavy atom. The number of carbonyl (C=O) groups is 2. The fourth-order valence-corrected chi connectivity index (χ4v) is 3.55. The van der Waals surface area contributed by atoms with Crippen LogP contribution >= 0.6 is 0 Å². The van der Waals surface area contributed by atoms with E-state index in [4.69, 9.17) is 17.3 Å². The molecule has 1 saturated heterocycles. The first-order valence-electron chi connectivity index (χ1n) is 8.88. The third kappa shape index (κ3) is 5.08. The molecule has 0 spiro atoms. The van der Waals surface area contributed by atoms with Gasteiger partial charge in [0.2, 0.25) is 7.85 Å². The van der Waals surface area contributed by atoms with E-state index in [0.717, 1.165) is 5.56 Å². The SMILES string of the molecule is [B]C(=O)N1[C@@H](Cc2ccccc2)[C@@H](CC(O)CC(=O)OCC)OC1(C)C. The molecule has 0 bridgehead atoms. The first-order valence-corrected chi connectivity index (χ1v) is 8.88. The van der Waals surface area contributed by atoms with Gasteiger partial charge < -0.3 is 19.5 Å². The number of hydrogen-bond acceptors (Lipinski definition) is 5. The van der Waals surface area contributed by atoms with E-state index in [2.05, 4.69) is 0 Å². The average molecular weight is 359 g/mol. The highest BCUT2D eigenvalue weighted by Crippen LogP contribution is 2.36. The molecule has 2 rings (SSSR count). The van der Waals surface area contributed by atoms with E-state index in [1.54, 1.807) is 20.8 Å². The molecule has 140 valence electrons. The third-order valence-corrected chi connectivity index (χ3v) is 4.52. The maximum atomic E-state index is 12.0. The molecule has 1 aromatic carbocycles. The number of ether oxygens (including phenoxy) is 2. The number of amides is 1. The Labute approximate surface area is 155 Å². The van der Waals surface area contributed by atoms with Crippen LogP contribution in [0.25, 0.3) is 0 Å². The molecule has 1 amide bonds. The summed E-state index contributed by atoms with van der Waals surface area (Å²) in [6.45, 7) is 5.53. The average Bonchev–Trinajstić information content (AvgIpc) is 2.78. The van der Waals surface area contributed by atoms with E-state index in [1.807, 2.05) is 30.3 Å². The summed E-state index contributed by atoms with van der Waals surface area (Å²) in [4.78, 5) is 25.2. The Morgan fingerprint density at radius 2 is 2.00 bits per heavy atom. The number of rotatable bonds is 7. The molecular weight excluding hydrogens is 333 g/mol. The van der Waals surface area contributed by atoms with Crippen LogP contribution in [0.15, 0.2) is 30.3 Å². The van der Waals surface area contributed by atoms with Gasteiger partial charge in [0.05, 0.1) is 31.3 Å². The predicted octanol–water partition coefficient (Wildman–Crippen LogP) is 2.03. The minimum atomic E-state index is -0.916. The van der Waals surface area contributed by atoms with E-state index in [0.29, 0.717) is 6.42 Å². The Bertz CT molecular complexity index is 622. The molecule has 0 aromatic heterocycles. The van der Waals surface area contributed by atoms with Crippen molar-refractivity contribution in [2.24, 2.45) is 0 Å². The van der Waals surface area contributed by atoms with Crippen LogP contribution in [0.5, 0.6) is 0 Å². The molecule has 3 atom stereocenters. The van der Waals surface area contributed by atoms with Gasteiger partial charge in [0, 0.05) is 6.42 Å². The summed E-state index contributed by atoms with van der Waals surface area (Å²) in [6, 6.07) is 9.38. The molecule has 1 unspecified atom stereocenters. The van der Waals surface area contributed by atoms with Crippen LogP contribution < -0.4 is 0 Å². The van der Waals surface area contributed by atoms with Crippen LogP contribution in [0.1, 0.15) is 39.2 Å². The Kier molecular flexibility index (Phi) is 6.84. The number of carbonyl (C=O) groups excluding carboxylic acids is 2. The highest BCUT2D eigenvalue weighted by atomic mass is 16.5. The molecule has 1 aliphatic heterocycles. The predicted molar refractivity (Wildman–Crippen MR) is 97.7 cm³/mol. The molecule has 0 aliphatic carbocycles. The fraction of sp³-hybridized carbons (Fsp3) is 0.579. The third-order valence-electron chi connectivity index (χ3n) is 4.52. The fourth-order valence-electron chi connectivity index (χ4n) is 3.55. The van der Waals surface area contributed by atoms with Crippen LogP contribution in [0, 0.1) is 0 Å². The number of aliphatic hydroxyl groups excluding tert-OH is 1. The van der Waals surface area contributed by atoms with E-state index in [9.17, 15) is 14.7 Å². The van der Waals surface area contributed by atoms with Crippen LogP contribution in [0.2, 0.25) is 0 Å². The lowest BCUT2D eigenvalue weighted by molar-refractivity contribution is -0.146. The number of hydrogen-bond donors (Lipinski definition) is 1. The van der Waals surface area contributed by atoms with Crippen molar-refractivity contribution in [1.82, 2.24) is 4.90 Å². The standard InChI is InChI=1S/C19H26BNO5/c1-4-25-17(23)12-14(22)11-16-15(10-13-8-6-5-7-9-13)21(18(20)24)19(2,3)26-16/h5-9,14-16,22H,4,10-12H2,1-3H3/t14?,15-,16+/m0/s1. The molecule has 6 nitrogen and oxygen atoms in total. The molecular formula is C19H26BNO5. The zero-order valence-electron chi connectivity index (χ0n) is 15.6. The molecule has 2 radical (unpaired) electrons. The lowest BCUT2D eigenvalue weighted by atomic mass is 9.93. The molecule has 26 heavy (non-hydrogen) atoms. The molecule has 7 heteroatoms. The molecule has 0 saturated carbocycles. The van der Waals surface area contributed by atoms with Crippen LogP contribution in [-0.2, 0) is 20.7 Å². The molecule has 1 fully saturated rings. The maximum Gasteiger partial charge on any atom is 0.308 e. The summed E-state index contributed by atoms with van der Waals surface area (Å²) in [6.07, 6.45) is -0.709. The van der Waals surface area contributed by atoms with Crippen molar-refractivity contribution in [2.45, 2.75) is 64.0 Å². The number of aliphatic hydroxyl groups is 1. The van der Waals surface area contributed by atoms with Crippen molar-refractivity contribution < 1.29 is 24.2 Å². The first-order chi connectivity index (χ1) is 12.2. The van der Waals surface area contributed by atoms with E-state index in [1.165, 1.54) is 4.90 Å². The summed E-state index contributed by atoms with van der Waals surface area (Å²) < 4.78 is 10.9. The van der Waals surface area contributed by atoms with Gasteiger partial charge in [0.25, 0.3) is 0 Å². The zero-order chi connectivity index (χ0) is 19.3. The van der Waals surface area contributed by atoms with Gasteiger partial charge in [-0.15, -0.1) is 0 Å². The van der Waals surface area contributed by atoms with E-state index in [-0.39, 0.29) is 25.5 Å². The second-order valence-corrected chi connectivity index (χ2v) is 6.97. The van der Waals surface area contributed by atoms with Gasteiger partial charge >= 0.3 is 5.97 Å². The summed E-state index contributed by atoms with van der Waals surface area (Å²) >= 11 is 0. The highest BCUT2D eigenvalue weighted by molar-refractivity contribution is 6.57. The van der Waals surface area contributed by atoms with Crippen molar-refractivity contribution in [1.29, 1.82) is 0 Å². The van der Waals surface area contributed by atoms with Gasteiger partial charge in [0.15, 0.2) is 5.81 Å². The van der Waals surface area contributed by atoms with Crippen LogP contribution in [0.4, 0.5) is 4.79 Å². The van der Waals surface area contributed by atoms with Gasteiger partial charge in [-0.25, -0.2) is 0 Å². The summed E-state index contributed by atoms with van der Waals surface area (Å²) in [5.74, 6) is -1.03. The monoisotopic (exact) mass is 359 g/mol. The maximum absolute atomic E-state index is 12.0. The summed E-state index contributed by atoms with van der Waals surface area (Å²) in [5, 5.41) is 10.3. The van der Waals surface area contributed by atoms with Gasteiger partial charge in [0.1, 0.15) is 5.72 Å². The van der Waals surface area contributed by atoms with E-state index < -0.39 is 29.7 Å². The van der Waals surface area contributed by atoms with Crippen molar-refractivity contribution >= 4 is 19.6 Å². The van der Waals surface area contributed by atoms with Crippen LogP contribution in [-0.4, -0.2) is 60.2 Å². The van der Waals surface area contributed by atoms with Crippen molar-refractivity contribution in [2.75, 3.05) is 6.61 Å². The van der Waals surface area contributed by atoms with Crippen molar-refractivity contribution in [3.8, 4) is 0 Å². The lowest BCUT2D eigenvalue weighted by Gasteiger charge is -2.33. The van der Waals surface area contributed by atoms with Gasteiger partial charge in [-0.2, -0.15) is 0 Å². The van der Waals surface area contributed by atoms with Gasteiger partial charge in [-0.3, -0.25) is 9.59 Å². The van der Waals surface area contributed by atoms with E-state index >= 15 is 0 Å². The largest absolute Gasteiger partial charge is 0.466 e. The second-order valence-electron chi connectivity index (χ2n) is 6.97. The Hall–Kier alpha value is -1.86.